The molecule has 0 aliphatic heterocycles. The lowest BCUT2D eigenvalue weighted by molar-refractivity contribution is 0.266. The molecular weight excluding hydrogens is 230 g/mol. The Morgan fingerprint density at radius 2 is 2.33 bits per heavy atom. The van der Waals surface area contributed by atoms with E-state index in [0.29, 0.717) is 5.92 Å². The summed E-state index contributed by atoms with van der Waals surface area (Å²) in [5.41, 5.74) is 0.810. The van der Waals surface area contributed by atoms with Gasteiger partial charge in [-0.05, 0) is 12.3 Å². The highest BCUT2D eigenvalue weighted by Gasteiger charge is 2.08. The summed E-state index contributed by atoms with van der Waals surface area (Å²) in [5, 5.41) is 15.2. The number of rotatable bonds is 6. The summed E-state index contributed by atoms with van der Waals surface area (Å²) in [7, 11) is 1.84. The highest BCUT2D eigenvalue weighted by atomic mass is 16.3. The maximum absolute atomic E-state index is 8.88. The molecule has 0 aliphatic carbocycles. The average Bonchev–Trinajstić information content (AvgIpc) is 2.84. The fourth-order valence-electron chi connectivity index (χ4n) is 1.76. The van der Waals surface area contributed by atoms with Gasteiger partial charge < -0.3 is 20.1 Å². The van der Waals surface area contributed by atoms with Gasteiger partial charge in [-0.25, -0.2) is 9.97 Å². The number of imidazole rings is 1. The van der Waals surface area contributed by atoms with Gasteiger partial charge in [0.1, 0.15) is 5.82 Å². The molecule has 6 nitrogen and oxygen atoms in total. The number of fused-ring (bicyclic) bond motifs is 1. The van der Waals surface area contributed by atoms with Gasteiger partial charge in [-0.15, -0.1) is 0 Å². The van der Waals surface area contributed by atoms with Crippen molar-refractivity contribution < 1.29 is 5.11 Å². The summed E-state index contributed by atoms with van der Waals surface area (Å²) in [5.74, 6) is 1.94. The molecule has 0 amide bonds. The van der Waals surface area contributed by atoms with Crippen molar-refractivity contribution in [1.82, 2.24) is 14.4 Å². The van der Waals surface area contributed by atoms with Crippen LogP contribution < -0.4 is 10.6 Å². The van der Waals surface area contributed by atoms with Gasteiger partial charge in [0.2, 0.25) is 0 Å². The van der Waals surface area contributed by atoms with Crippen LogP contribution in [0.15, 0.2) is 18.6 Å². The van der Waals surface area contributed by atoms with E-state index in [-0.39, 0.29) is 6.61 Å². The number of nitrogens with zero attached hydrogens (tertiary/aromatic N) is 3. The van der Waals surface area contributed by atoms with Crippen LogP contribution in [0.2, 0.25) is 0 Å². The molecule has 0 aliphatic rings. The second-order valence-corrected chi connectivity index (χ2v) is 4.38. The Bertz CT molecular complexity index is 510. The van der Waals surface area contributed by atoms with Gasteiger partial charge in [-0.3, -0.25) is 0 Å². The van der Waals surface area contributed by atoms with Crippen LogP contribution in [0.4, 0.5) is 11.6 Å². The first kappa shape index (κ1) is 12.6. The zero-order valence-electron chi connectivity index (χ0n) is 10.7. The Morgan fingerprint density at radius 1 is 1.50 bits per heavy atom. The number of aliphatic hydroxyl groups excluding tert-OH is 1. The van der Waals surface area contributed by atoms with E-state index in [9.17, 15) is 0 Å². The molecule has 2 aromatic rings. The fraction of sp³-hybridized carbons (Fsp3) is 0.500. The van der Waals surface area contributed by atoms with Gasteiger partial charge in [0.15, 0.2) is 11.5 Å². The Labute approximate surface area is 106 Å². The van der Waals surface area contributed by atoms with Gasteiger partial charge in [0, 0.05) is 32.6 Å². The van der Waals surface area contributed by atoms with Gasteiger partial charge in [0.25, 0.3) is 0 Å². The molecule has 0 spiro atoms. The predicted molar refractivity (Wildman–Crippen MR) is 71.9 cm³/mol. The maximum Gasteiger partial charge on any atom is 0.180 e. The quantitative estimate of drug-likeness (QED) is 0.717. The zero-order chi connectivity index (χ0) is 13.0. The molecule has 1 unspecified atom stereocenters. The van der Waals surface area contributed by atoms with Crippen molar-refractivity contribution in [3.05, 3.63) is 18.6 Å². The number of anilines is 2. The van der Waals surface area contributed by atoms with E-state index in [1.807, 2.05) is 23.8 Å². The van der Waals surface area contributed by atoms with Crippen molar-refractivity contribution in [2.45, 2.75) is 13.3 Å². The molecule has 0 saturated heterocycles. The molecule has 2 heterocycles. The van der Waals surface area contributed by atoms with Crippen molar-refractivity contribution in [2.75, 3.05) is 30.8 Å². The summed E-state index contributed by atoms with van der Waals surface area (Å²) < 4.78 is 1.93. The van der Waals surface area contributed by atoms with Crippen LogP contribution >= 0.6 is 0 Å². The number of hydrogen-bond acceptors (Lipinski definition) is 5. The van der Waals surface area contributed by atoms with E-state index in [2.05, 4.69) is 27.5 Å². The van der Waals surface area contributed by atoms with Crippen LogP contribution in [0.3, 0.4) is 0 Å². The molecule has 98 valence electrons. The predicted octanol–water partition coefficient (Wildman–Crippen LogP) is 1.20. The van der Waals surface area contributed by atoms with Crippen LogP contribution in [0.25, 0.3) is 5.65 Å². The standard InChI is InChI=1S/C12H19N5O/c1-9(3-6-18)7-15-11-12-14-4-5-17(12)8-10(13-2)16-11/h4-5,8-9,13,18H,3,6-7H2,1-2H3,(H,15,16). The normalized spacial score (nSPS) is 12.6. The van der Waals surface area contributed by atoms with Gasteiger partial charge >= 0.3 is 0 Å². The molecule has 6 heteroatoms. The van der Waals surface area contributed by atoms with E-state index >= 15 is 0 Å². The van der Waals surface area contributed by atoms with E-state index in [1.165, 1.54) is 0 Å². The minimum Gasteiger partial charge on any atom is -0.396 e. The van der Waals surface area contributed by atoms with Crippen LogP contribution in [-0.4, -0.2) is 39.7 Å². The summed E-state index contributed by atoms with van der Waals surface area (Å²) in [6.45, 7) is 3.07. The topological polar surface area (TPSA) is 74.5 Å². The first-order valence-corrected chi connectivity index (χ1v) is 6.10. The lowest BCUT2D eigenvalue weighted by atomic mass is 10.1. The molecule has 0 fully saturated rings. The Kier molecular flexibility index (Phi) is 3.99. The first-order valence-electron chi connectivity index (χ1n) is 6.10. The molecule has 3 N–H and O–H groups in total. The lowest BCUT2D eigenvalue weighted by Crippen LogP contribution is -2.14. The smallest absolute Gasteiger partial charge is 0.180 e. The third-order valence-corrected chi connectivity index (χ3v) is 2.87. The molecule has 18 heavy (non-hydrogen) atoms. The number of aliphatic hydroxyl groups is 1. The van der Waals surface area contributed by atoms with Crippen LogP contribution in [-0.2, 0) is 0 Å². The third-order valence-electron chi connectivity index (χ3n) is 2.87. The first-order chi connectivity index (χ1) is 8.74. The van der Waals surface area contributed by atoms with Crippen molar-refractivity contribution in [3.8, 4) is 0 Å². The zero-order valence-corrected chi connectivity index (χ0v) is 10.7. The number of aromatic nitrogens is 3. The number of nitrogens with one attached hydrogen (secondary N) is 2. The van der Waals surface area contributed by atoms with E-state index < -0.39 is 0 Å². The SMILES string of the molecule is CNc1cn2ccnc2c(NCC(C)CCO)n1. The molecule has 0 saturated carbocycles. The Morgan fingerprint density at radius 3 is 3.06 bits per heavy atom. The summed E-state index contributed by atoms with van der Waals surface area (Å²) in [6.07, 6.45) is 6.31. The maximum atomic E-state index is 8.88. The summed E-state index contributed by atoms with van der Waals surface area (Å²) in [6, 6.07) is 0. The monoisotopic (exact) mass is 249 g/mol. The lowest BCUT2D eigenvalue weighted by Gasteiger charge is -2.13. The minimum absolute atomic E-state index is 0.214. The molecule has 2 rings (SSSR count). The largest absolute Gasteiger partial charge is 0.396 e. The summed E-state index contributed by atoms with van der Waals surface area (Å²) >= 11 is 0. The van der Waals surface area contributed by atoms with E-state index in [0.717, 1.165) is 30.2 Å². The Hall–Kier alpha value is -1.82. The van der Waals surface area contributed by atoms with Crippen molar-refractivity contribution in [2.24, 2.45) is 5.92 Å². The van der Waals surface area contributed by atoms with Gasteiger partial charge in [-0.1, -0.05) is 6.92 Å². The molecular formula is C12H19N5O. The van der Waals surface area contributed by atoms with Crippen molar-refractivity contribution in [1.29, 1.82) is 0 Å². The van der Waals surface area contributed by atoms with E-state index in [1.54, 1.807) is 6.20 Å². The molecule has 1 atom stereocenters. The molecule has 0 aromatic carbocycles. The summed E-state index contributed by atoms with van der Waals surface area (Å²) in [4.78, 5) is 8.73. The number of hydrogen-bond donors (Lipinski definition) is 3. The van der Waals surface area contributed by atoms with Crippen molar-refractivity contribution >= 4 is 17.3 Å². The molecule has 2 aromatic heterocycles. The highest BCUT2D eigenvalue weighted by molar-refractivity contribution is 5.65. The third kappa shape index (κ3) is 2.70. The van der Waals surface area contributed by atoms with E-state index in [4.69, 9.17) is 5.11 Å². The second kappa shape index (κ2) is 5.68. The second-order valence-electron chi connectivity index (χ2n) is 4.38. The highest BCUT2D eigenvalue weighted by Crippen LogP contribution is 2.16. The van der Waals surface area contributed by atoms with Crippen LogP contribution in [0.5, 0.6) is 0 Å². The van der Waals surface area contributed by atoms with Gasteiger partial charge in [-0.2, -0.15) is 0 Å². The minimum atomic E-state index is 0.214. The average molecular weight is 249 g/mol. The molecule has 0 bridgehead atoms. The van der Waals surface area contributed by atoms with Gasteiger partial charge in [0.05, 0.1) is 6.20 Å². The van der Waals surface area contributed by atoms with Crippen molar-refractivity contribution in [3.63, 3.8) is 0 Å². The fourth-order valence-corrected chi connectivity index (χ4v) is 1.76. The van der Waals surface area contributed by atoms with Crippen LogP contribution in [0, 0.1) is 5.92 Å². The van der Waals surface area contributed by atoms with Crippen LogP contribution in [0.1, 0.15) is 13.3 Å². The molecule has 0 radical (unpaired) electrons. The Balaban J connectivity index is 2.18.